The van der Waals surface area contributed by atoms with Crippen LogP contribution in [0.2, 0.25) is 0 Å². The van der Waals surface area contributed by atoms with E-state index in [2.05, 4.69) is 11.4 Å². The number of hydrogen-bond acceptors (Lipinski definition) is 3. The van der Waals surface area contributed by atoms with E-state index in [9.17, 15) is 5.11 Å². The van der Waals surface area contributed by atoms with Crippen LogP contribution in [0.3, 0.4) is 0 Å². The zero-order valence-corrected chi connectivity index (χ0v) is 8.80. The molecule has 76 valence electrons. The molecule has 0 aromatic carbocycles. The molecule has 14 heavy (non-hydrogen) atoms. The van der Waals surface area contributed by atoms with E-state index in [4.69, 9.17) is 4.74 Å². The van der Waals surface area contributed by atoms with Crippen LogP contribution in [-0.4, -0.2) is 17.8 Å². The maximum absolute atomic E-state index is 9.90. The molecule has 1 unspecified atom stereocenters. The van der Waals surface area contributed by atoms with Crippen LogP contribution >= 0.6 is 11.3 Å². The Balaban J connectivity index is 1.95. The summed E-state index contributed by atoms with van der Waals surface area (Å²) in [7, 11) is 0. The van der Waals surface area contributed by atoms with Gasteiger partial charge in [0.05, 0.1) is 19.0 Å². The second-order valence-corrected chi connectivity index (χ2v) is 4.30. The molecule has 0 amide bonds. The van der Waals surface area contributed by atoms with E-state index in [0.717, 1.165) is 25.0 Å². The maximum atomic E-state index is 9.90. The largest absolute Gasteiger partial charge is 0.501 e. The fourth-order valence-corrected chi connectivity index (χ4v) is 2.27. The first-order valence-electron chi connectivity index (χ1n) is 4.86. The summed E-state index contributed by atoms with van der Waals surface area (Å²) in [4.78, 5) is 0. The summed E-state index contributed by atoms with van der Waals surface area (Å²) in [5, 5.41) is 14.0. The Morgan fingerprint density at radius 3 is 3.14 bits per heavy atom. The van der Waals surface area contributed by atoms with Gasteiger partial charge in [0.25, 0.3) is 0 Å². The predicted molar refractivity (Wildman–Crippen MR) is 57.3 cm³/mol. The average Bonchev–Trinajstić information content (AvgIpc) is 2.72. The first-order chi connectivity index (χ1) is 6.86. The molecular weight excluding hydrogens is 196 g/mol. The van der Waals surface area contributed by atoms with Crippen molar-refractivity contribution in [1.29, 1.82) is 0 Å². The molecule has 0 fully saturated rings. The first-order valence-corrected chi connectivity index (χ1v) is 5.80. The van der Waals surface area contributed by atoms with Gasteiger partial charge in [-0.2, -0.15) is 11.3 Å². The third kappa shape index (κ3) is 2.36. The normalized spacial score (nSPS) is 18.5. The van der Waals surface area contributed by atoms with Crippen LogP contribution in [0.4, 0.5) is 0 Å². The lowest BCUT2D eigenvalue weighted by atomic mass is 10.00. The minimum absolute atomic E-state index is 0.370. The van der Waals surface area contributed by atoms with Crippen molar-refractivity contribution in [3.8, 4) is 0 Å². The van der Waals surface area contributed by atoms with E-state index in [-0.39, 0.29) is 6.10 Å². The molecule has 1 aliphatic rings. The molecule has 2 nitrogen and oxygen atoms in total. The van der Waals surface area contributed by atoms with Gasteiger partial charge >= 0.3 is 0 Å². The molecule has 3 heteroatoms. The molecule has 1 atom stereocenters. The highest BCUT2D eigenvalue weighted by Gasteiger charge is 2.14. The summed E-state index contributed by atoms with van der Waals surface area (Å²) < 4.78 is 5.20. The minimum Gasteiger partial charge on any atom is -0.501 e. The summed E-state index contributed by atoms with van der Waals surface area (Å²) in [5.74, 6) is 0. The van der Waals surface area contributed by atoms with Crippen molar-refractivity contribution in [3.05, 3.63) is 34.2 Å². The second-order valence-electron chi connectivity index (χ2n) is 3.52. The summed E-state index contributed by atoms with van der Waals surface area (Å²) in [6.45, 7) is 0.786. The summed E-state index contributed by atoms with van der Waals surface area (Å²) >= 11 is 1.67. The van der Waals surface area contributed by atoms with Gasteiger partial charge in [-0.05, 0) is 40.8 Å². The molecule has 0 bridgehead atoms. The fourth-order valence-electron chi connectivity index (χ4n) is 1.59. The highest BCUT2D eigenvalue weighted by molar-refractivity contribution is 7.07. The first kappa shape index (κ1) is 9.74. The molecule has 0 saturated heterocycles. The van der Waals surface area contributed by atoms with E-state index < -0.39 is 0 Å². The number of rotatable bonds is 3. The Hall–Kier alpha value is -0.800. The number of aliphatic hydroxyl groups is 1. The van der Waals surface area contributed by atoms with Crippen molar-refractivity contribution in [2.24, 2.45) is 0 Å². The van der Waals surface area contributed by atoms with Gasteiger partial charge in [-0.3, -0.25) is 0 Å². The standard InChI is InChI=1S/C11H14O2S/c12-11(6-9-3-5-14-8-9)10-2-1-4-13-7-10/h3,5,7-8,11-12H,1-2,4,6H2. The van der Waals surface area contributed by atoms with Crippen molar-refractivity contribution in [2.45, 2.75) is 25.4 Å². The molecule has 0 spiro atoms. The van der Waals surface area contributed by atoms with Crippen LogP contribution in [0.1, 0.15) is 18.4 Å². The molecular formula is C11H14O2S. The Morgan fingerprint density at radius 2 is 2.50 bits per heavy atom. The molecule has 1 aromatic heterocycles. The molecule has 0 radical (unpaired) electrons. The van der Waals surface area contributed by atoms with E-state index in [1.54, 1.807) is 17.6 Å². The second kappa shape index (κ2) is 4.62. The lowest BCUT2D eigenvalue weighted by molar-refractivity contribution is 0.169. The third-order valence-corrected chi connectivity index (χ3v) is 3.13. The van der Waals surface area contributed by atoms with Gasteiger partial charge in [-0.1, -0.05) is 0 Å². The Kier molecular flexibility index (Phi) is 3.22. The van der Waals surface area contributed by atoms with Gasteiger partial charge in [0.15, 0.2) is 0 Å². The number of thiophene rings is 1. The summed E-state index contributed by atoms with van der Waals surface area (Å²) in [6, 6.07) is 2.05. The maximum Gasteiger partial charge on any atom is 0.0876 e. The molecule has 2 rings (SSSR count). The molecule has 1 N–H and O–H groups in total. The van der Waals surface area contributed by atoms with E-state index in [0.29, 0.717) is 6.42 Å². The topological polar surface area (TPSA) is 29.5 Å². The fraction of sp³-hybridized carbons (Fsp3) is 0.455. The van der Waals surface area contributed by atoms with E-state index in [1.807, 2.05) is 5.38 Å². The van der Waals surface area contributed by atoms with Crippen molar-refractivity contribution in [1.82, 2.24) is 0 Å². The zero-order chi connectivity index (χ0) is 9.80. The van der Waals surface area contributed by atoms with Crippen molar-refractivity contribution in [3.63, 3.8) is 0 Å². The van der Waals surface area contributed by atoms with Crippen molar-refractivity contribution in [2.75, 3.05) is 6.61 Å². The molecule has 1 aliphatic heterocycles. The highest BCUT2D eigenvalue weighted by atomic mass is 32.1. The SMILES string of the molecule is OC(Cc1ccsc1)C1=COCCC1. The summed E-state index contributed by atoms with van der Waals surface area (Å²) in [6.07, 6.45) is 4.04. The minimum atomic E-state index is -0.370. The number of aliphatic hydroxyl groups excluding tert-OH is 1. The quantitative estimate of drug-likeness (QED) is 0.829. The zero-order valence-electron chi connectivity index (χ0n) is 7.98. The molecule has 0 aliphatic carbocycles. The lowest BCUT2D eigenvalue weighted by Crippen LogP contribution is -2.16. The molecule has 0 saturated carbocycles. The molecule has 2 heterocycles. The van der Waals surface area contributed by atoms with Gasteiger partial charge in [0, 0.05) is 6.42 Å². The summed E-state index contributed by atoms with van der Waals surface area (Å²) in [5.41, 5.74) is 2.23. The van der Waals surface area contributed by atoms with Crippen LogP contribution in [0.25, 0.3) is 0 Å². The van der Waals surface area contributed by atoms with Crippen molar-refractivity contribution >= 4 is 11.3 Å². The smallest absolute Gasteiger partial charge is 0.0876 e. The Labute approximate surface area is 87.8 Å². The van der Waals surface area contributed by atoms with E-state index in [1.165, 1.54) is 5.56 Å². The van der Waals surface area contributed by atoms with Crippen LogP contribution < -0.4 is 0 Å². The average molecular weight is 210 g/mol. The Morgan fingerprint density at radius 1 is 1.57 bits per heavy atom. The number of hydrogen-bond donors (Lipinski definition) is 1. The predicted octanol–water partition coefficient (Wildman–Crippen LogP) is 2.35. The van der Waals surface area contributed by atoms with Gasteiger partial charge in [-0.15, -0.1) is 0 Å². The van der Waals surface area contributed by atoms with Crippen LogP contribution in [0.15, 0.2) is 28.7 Å². The van der Waals surface area contributed by atoms with Gasteiger partial charge in [0.1, 0.15) is 0 Å². The highest BCUT2D eigenvalue weighted by Crippen LogP contribution is 2.19. The lowest BCUT2D eigenvalue weighted by Gasteiger charge is -2.18. The van der Waals surface area contributed by atoms with Crippen molar-refractivity contribution < 1.29 is 9.84 Å². The molecule has 1 aromatic rings. The number of ether oxygens (including phenoxy) is 1. The Bertz CT molecular complexity index is 303. The van der Waals surface area contributed by atoms with Gasteiger partial charge in [-0.25, -0.2) is 0 Å². The van der Waals surface area contributed by atoms with Crippen LogP contribution in [-0.2, 0) is 11.2 Å². The monoisotopic (exact) mass is 210 g/mol. The van der Waals surface area contributed by atoms with E-state index >= 15 is 0 Å². The van der Waals surface area contributed by atoms with Crippen LogP contribution in [0.5, 0.6) is 0 Å². The van der Waals surface area contributed by atoms with Gasteiger partial charge in [0.2, 0.25) is 0 Å². The van der Waals surface area contributed by atoms with Crippen LogP contribution in [0, 0.1) is 0 Å². The third-order valence-electron chi connectivity index (χ3n) is 2.40. The van der Waals surface area contributed by atoms with Gasteiger partial charge < -0.3 is 9.84 Å².